The molecule has 0 aromatic heterocycles. The summed E-state index contributed by atoms with van der Waals surface area (Å²) in [7, 11) is 0. The van der Waals surface area contributed by atoms with E-state index in [0.717, 1.165) is 0 Å². The maximum absolute atomic E-state index is 12.2. The number of carbonyl (C=O) groups excluding carboxylic acids is 2. The van der Waals surface area contributed by atoms with Crippen LogP contribution in [0.2, 0.25) is 0 Å². The van der Waals surface area contributed by atoms with Crippen molar-refractivity contribution in [2.24, 2.45) is 5.92 Å². The topological polar surface area (TPSA) is 129 Å². The van der Waals surface area contributed by atoms with Crippen LogP contribution in [0.1, 0.15) is 31.1 Å². The highest BCUT2D eigenvalue weighted by Crippen LogP contribution is 2.09. The van der Waals surface area contributed by atoms with Crippen LogP contribution in [-0.4, -0.2) is 40.8 Å². The second-order valence-electron chi connectivity index (χ2n) is 6.49. The molecule has 0 saturated carbocycles. The Morgan fingerprint density at radius 3 is 2.31 bits per heavy atom. The van der Waals surface area contributed by atoms with Crippen molar-refractivity contribution >= 4 is 23.6 Å². The van der Waals surface area contributed by atoms with E-state index < -0.39 is 35.1 Å². The molecule has 0 radical (unpaired) electrons. The smallest absolute Gasteiger partial charge is 0.413 e. The number of amides is 1. The lowest BCUT2D eigenvalue weighted by molar-refractivity contribution is -0.139. The van der Waals surface area contributed by atoms with E-state index in [1.54, 1.807) is 39.0 Å². The molecule has 26 heavy (non-hydrogen) atoms. The average Bonchev–Trinajstić information content (AvgIpc) is 2.52. The molecular weight excluding hydrogens is 338 g/mol. The van der Waals surface area contributed by atoms with Crippen molar-refractivity contribution in [1.29, 1.82) is 5.41 Å². The van der Waals surface area contributed by atoms with E-state index in [4.69, 9.17) is 10.1 Å². The number of ketones is 1. The van der Waals surface area contributed by atoms with Gasteiger partial charge < -0.3 is 20.6 Å². The molecule has 1 amide bonds. The molecule has 8 nitrogen and oxygen atoms in total. The third-order valence-electron chi connectivity index (χ3n) is 3.10. The fourth-order valence-electron chi connectivity index (χ4n) is 1.91. The molecule has 0 aliphatic carbocycles. The van der Waals surface area contributed by atoms with Crippen molar-refractivity contribution in [2.45, 2.75) is 26.4 Å². The van der Waals surface area contributed by atoms with Gasteiger partial charge in [0, 0.05) is 12.1 Å². The normalized spacial score (nSPS) is 11.8. The molecule has 0 heterocycles. The van der Waals surface area contributed by atoms with Gasteiger partial charge in [0.25, 0.3) is 0 Å². The Hall–Kier alpha value is -3.16. The molecule has 1 atom stereocenters. The number of alkyl carbamates (subject to hydrolysis) is 1. The zero-order valence-corrected chi connectivity index (χ0v) is 15.0. The number of benzene rings is 1. The van der Waals surface area contributed by atoms with Crippen LogP contribution in [0.5, 0.6) is 0 Å². The van der Waals surface area contributed by atoms with Gasteiger partial charge in [-0.15, -0.1) is 0 Å². The van der Waals surface area contributed by atoms with Crippen molar-refractivity contribution < 1.29 is 24.2 Å². The Labute approximate surface area is 151 Å². The van der Waals surface area contributed by atoms with Crippen molar-refractivity contribution in [2.75, 3.05) is 6.54 Å². The Kier molecular flexibility index (Phi) is 7.06. The van der Waals surface area contributed by atoms with Gasteiger partial charge in [0.1, 0.15) is 17.3 Å². The molecule has 0 aliphatic rings. The summed E-state index contributed by atoms with van der Waals surface area (Å²) in [6, 6.07) is 7.98. The second kappa shape index (κ2) is 8.80. The molecule has 0 fully saturated rings. The van der Waals surface area contributed by atoms with Crippen LogP contribution in [0.25, 0.3) is 0 Å². The SMILES string of the molecule is C=C(NC[C@H](C(=N)C(=O)c1ccccc1)C(=O)O)NC(=O)OC(C)(C)C. The van der Waals surface area contributed by atoms with Gasteiger partial charge in [-0.25, -0.2) is 4.79 Å². The quantitative estimate of drug-likeness (QED) is 0.415. The minimum absolute atomic E-state index is 0.00506. The molecule has 1 aromatic rings. The number of aliphatic carboxylic acids is 1. The highest BCUT2D eigenvalue weighted by atomic mass is 16.6. The minimum atomic E-state index is -1.40. The van der Waals surface area contributed by atoms with E-state index in [-0.39, 0.29) is 17.9 Å². The van der Waals surface area contributed by atoms with Gasteiger partial charge >= 0.3 is 12.1 Å². The molecule has 0 unspecified atom stereocenters. The first-order chi connectivity index (χ1) is 12.0. The zero-order valence-electron chi connectivity index (χ0n) is 15.0. The molecule has 8 heteroatoms. The van der Waals surface area contributed by atoms with Gasteiger partial charge in [-0.05, 0) is 20.8 Å². The van der Waals surface area contributed by atoms with Gasteiger partial charge in [0.05, 0.1) is 5.71 Å². The van der Waals surface area contributed by atoms with Gasteiger partial charge in [-0.3, -0.25) is 14.9 Å². The van der Waals surface area contributed by atoms with Crippen LogP contribution >= 0.6 is 0 Å². The predicted molar refractivity (Wildman–Crippen MR) is 96.1 cm³/mol. The summed E-state index contributed by atoms with van der Waals surface area (Å²) in [5.74, 6) is -3.41. The van der Waals surface area contributed by atoms with Crippen LogP contribution < -0.4 is 10.6 Å². The summed E-state index contributed by atoms with van der Waals surface area (Å²) in [4.78, 5) is 35.3. The summed E-state index contributed by atoms with van der Waals surface area (Å²) in [5, 5.41) is 22.1. The fraction of sp³-hybridized carbons (Fsp3) is 0.333. The first kappa shape index (κ1) is 20.9. The molecule has 0 spiro atoms. The molecule has 1 rings (SSSR count). The van der Waals surface area contributed by atoms with Crippen LogP contribution in [0.4, 0.5) is 4.79 Å². The van der Waals surface area contributed by atoms with E-state index in [1.807, 2.05) is 0 Å². The summed E-state index contributed by atoms with van der Waals surface area (Å²) < 4.78 is 5.04. The summed E-state index contributed by atoms with van der Waals surface area (Å²) in [6.07, 6.45) is -0.752. The van der Waals surface area contributed by atoms with Crippen molar-refractivity contribution in [3.63, 3.8) is 0 Å². The first-order valence-electron chi connectivity index (χ1n) is 7.85. The molecule has 1 aromatic carbocycles. The van der Waals surface area contributed by atoms with Crippen molar-refractivity contribution in [3.8, 4) is 0 Å². The Morgan fingerprint density at radius 1 is 1.23 bits per heavy atom. The average molecular weight is 361 g/mol. The fourth-order valence-corrected chi connectivity index (χ4v) is 1.91. The van der Waals surface area contributed by atoms with E-state index in [9.17, 15) is 19.5 Å². The molecular formula is C18H23N3O5. The summed E-state index contributed by atoms with van der Waals surface area (Å²) >= 11 is 0. The van der Waals surface area contributed by atoms with Crippen LogP contribution in [0, 0.1) is 11.3 Å². The Balaban J connectivity index is 2.67. The molecule has 4 N–H and O–H groups in total. The third-order valence-corrected chi connectivity index (χ3v) is 3.10. The number of nitrogens with one attached hydrogen (secondary N) is 3. The van der Waals surface area contributed by atoms with Gasteiger partial charge in [0.2, 0.25) is 5.78 Å². The Morgan fingerprint density at radius 2 is 1.81 bits per heavy atom. The predicted octanol–water partition coefficient (Wildman–Crippen LogP) is 2.18. The summed E-state index contributed by atoms with van der Waals surface area (Å²) in [5.41, 5.74) is -1.03. The van der Waals surface area contributed by atoms with E-state index in [0.29, 0.717) is 0 Å². The number of Topliss-reactive ketones (excluding diaryl/α,β-unsaturated/α-hetero) is 1. The largest absolute Gasteiger partial charge is 0.481 e. The van der Waals surface area contributed by atoms with Gasteiger partial charge in [0.15, 0.2) is 0 Å². The lowest BCUT2D eigenvalue weighted by atomic mass is 9.95. The molecule has 0 bridgehead atoms. The minimum Gasteiger partial charge on any atom is -0.481 e. The van der Waals surface area contributed by atoms with Crippen LogP contribution in [0.15, 0.2) is 42.7 Å². The molecule has 0 saturated heterocycles. The standard InChI is InChI=1S/C18H23N3O5/c1-11(21-17(25)26-18(2,3)4)20-10-13(16(23)24)14(19)15(22)12-8-6-5-7-9-12/h5-9,13,19-20H,1,10H2,2-4H3,(H,21,25)(H,23,24)/t13-/m1/s1. The first-order valence-corrected chi connectivity index (χ1v) is 7.85. The van der Waals surface area contributed by atoms with Gasteiger partial charge in [-0.2, -0.15) is 0 Å². The number of carboxylic acids is 1. The maximum Gasteiger partial charge on any atom is 0.413 e. The Bertz CT molecular complexity index is 707. The number of ether oxygens (including phenoxy) is 1. The summed E-state index contributed by atoms with van der Waals surface area (Å²) in [6.45, 7) is 8.34. The number of carbonyl (C=O) groups is 3. The number of carboxylic acid groups (broad SMARTS) is 1. The number of hydrogen-bond donors (Lipinski definition) is 4. The van der Waals surface area contributed by atoms with Crippen LogP contribution in [-0.2, 0) is 9.53 Å². The maximum atomic E-state index is 12.2. The van der Waals surface area contributed by atoms with E-state index >= 15 is 0 Å². The van der Waals surface area contributed by atoms with E-state index in [2.05, 4.69) is 17.2 Å². The third kappa shape index (κ3) is 6.76. The monoisotopic (exact) mass is 361 g/mol. The van der Waals surface area contributed by atoms with Crippen molar-refractivity contribution in [1.82, 2.24) is 10.6 Å². The lowest BCUT2D eigenvalue weighted by Gasteiger charge is -2.21. The van der Waals surface area contributed by atoms with Crippen molar-refractivity contribution in [3.05, 3.63) is 48.3 Å². The highest BCUT2D eigenvalue weighted by molar-refractivity contribution is 6.47. The highest BCUT2D eigenvalue weighted by Gasteiger charge is 2.28. The number of hydrogen-bond acceptors (Lipinski definition) is 6. The molecule has 0 aliphatic heterocycles. The zero-order chi connectivity index (χ0) is 19.9. The lowest BCUT2D eigenvalue weighted by Crippen LogP contribution is -2.41. The van der Waals surface area contributed by atoms with E-state index in [1.165, 1.54) is 12.1 Å². The second-order valence-corrected chi connectivity index (χ2v) is 6.49. The number of rotatable bonds is 8. The van der Waals surface area contributed by atoms with Crippen LogP contribution in [0.3, 0.4) is 0 Å². The van der Waals surface area contributed by atoms with Gasteiger partial charge in [-0.1, -0.05) is 36.9 Å². The molecule has 140 valence electrons.